The summed E-state index contributed by atoms with van der Waals surface area (Å²) in [7, 11) is 1.46. The van der Waals surface area contributed by atoms with Gasteiger partial charge in [-0.15, -0.1) is 0 Å². The Kier molecular flexibility index (Phi) is 5.41. The number of hydrogen-bond acceptors (Lipinski definition) is 5. The number of amides is 2. The summed E-state index contributed by atoms with van der Waals surface area (Å²) in [4.78, 5) is 28.7. The van der Waals surface area contributed by atoms with Crippen LogP contribution in [0.3, 0.4) is 0 Å². The number of nitrogens with zero attached hydrogens (tertiary/aromatic N) is 2. The maximum absolute atomic E-state index is 12.8. The van der Waals surface area contributed by atoms with Crippen molar-refractivity contribution < 1.29 is 19.4 Å². The predicted molar refractivity (Wildman–Crippen MR) is 102 cm³/mol. The minimum Gasteiger partial charge on any atom is -0.507 e. The molecule has 0 aromatic heterocycles. The lowest BCUT2D eigenvalue weighted by Crippen LogP contribution is -2.50. The average molecular weight is 390 g/mol. The third-order valence-electron chi connectivity index (χ3n) is 4.54. The zero-order valence-corrected chi connectivity index (χ0v) is 15.6. The van der Waals surface area contributed by atoms with Gasteiger partial charge in [-0.05, 0) is 18.2 Å². The van der Waals surface area contributed by atoms with E-state index in [0.717, 1.165) is 0 Å². The van der Waals surface area contributed by atoms with Crippen molar-refractivity contribution in [3.63, 3.8) is 0 Å². The number of phenols is 1. The van der Waals surface area contributed by atoms with Gasteiger partial charge in [-0.25, -0.2) is 0 Å². The van der Waals surface area contributed by atoms with Crippen LogP contribution >= 0.6 is 11.6 Å². The van der Waals surface area contributed by atoms with Gasteiger partial charge >= 0.3 is 0 Å². The molecule has 2 amide bonds. The van der Waals surface area contributed by atoms with Crippen LogP contribution in [0.1, 0.15) is 20.7 Å². The standard InChI is InChI=1S/C19H20ClN3O4/c1-27-17-11-15(21)14(20)10-13(17)19(26)23-8-6-22(7-9-23)18(25)12-4-2-3-5-16(12)24/h2-5,10-11,24H,6-9,21H2,1H3. The third kappa shape index (κ3) is 3.78. The number of methoxy groups -OCH3 is 1. The molecule has 0 radical (unpaired) electrons. The fourth-order valence-electron chi connectivity index (χ4n) is 3.01. The number of para-hydroxylation sites is 1. The van der Waals surface area contributed by atoms with E-state index in [-0.39, 0.29) is 28.1 Å². The number of nitrogen functional groups attached to an aromatic ring is 1. The second kappa shape index (κ2) is 7.75. The highest BCUT2D eigenvalue weighted by atomic mass is 35.5. The smallest absolute Gasteiger partial charge is 0.257 e. The number of carbonyl (C=O) groups excluding carboxylic acids is 2. The molecular weight excluding hydrogens is 370 g/mol. The van der Waals surface area contributed by atoms with Crippen molar-refractivity contribution in [2.75, 3.05) is 39.0 Å². The number of benzene rings is 2. The summed E-state index contributed by atoms with van der Waals surface area (Å²) >= 11 is 6.05. The van der Waals surface area contributed by atoms with Crippen LogP contribution in [0.25, 0.3) is 0 Å². The van der Waals surface area contributed by atoms with E-state index in [1.165, 1.54) is 25.3 Å². The number of ether oxygens (including phenoxy) is 1. The molecule has 0 unspecified atom stereocenters. The number of rotatable bonds is 3. The zero-order chi connectivity index (χ0) is 19.6. The van der Waals surface area contributed by atoms with Crippen LogP contribution in [-0.4, -0.2) is 60.0 Å². The highest BCUT2D eigenvalue weighted by Crippen LogP contribution is 2.30. The van der Waals surface area contributed by atoms with Crippen LogP contribution in [0, 0.1) is 0 Å². The molecule has 1 fully saturated rings. The minimum absolute atomic E-state index is 0.0535. The first-order valence-corrected chi connectivity index (χ1v) is 8.79. The fraction of sp³-hybridized carbons (Fsp3) is 0.263. The zero-order valence-electron chi connectivity index (χ0n) is 14.8. The van der Waals surface area contributed by atoms with Crippen molar-refractivity contribution in [3.05, 3.63) is 52.5 Å². The summed E-state index contributed by atoms with van der Waals surface area (Å²) in [5.74, 6) is -0.186. The molecule has 0 saturated carbocycles. The summed E-state index contributed by atoms with van der Waals surface area (Å²) < 4.78 is 5.25. The van der Waals surface area contributed by atoms with Crippen LogP contribution < -0.4 is 10.5 Å². The summed E-state index contributed by atoms with van der Waals surface area (Å²) in [6, 6.07) is 9.43. The topological polar surface area (TPSA) is 96.1 Å². The van der Waals surface area contributed by atoms with Crippen LogP contribution in [0.4, 0.5) is 5.69 Å². The van der Waals surface area contributed by atoms with Gasteiger partial charge in [0.25, 0.3) is 11.8 Å². The van der Waals surface area contributed by atoms with Gasteiger partial charge in [0.2, 0.25) is 0 Å². The molecule has 7 nitrogen and oxygen atoms in total. The molecule has 0 atom stereocenters. The van der Waals surface area contributed by atoms with E-state index in [1.54, 1.807) is 28.0 Å². The van der Waals surface area contributed by atoms with Crippen molar-refractivity contribution in [1.82, 2.24) is 9.80 Å². The maximum Gasteiger partial charge on any atom is 0.257 e. The molecule has 2 aromatic carbocycles. The van der Waals surface area contributed by atoms with Crippen LogP contribution in [0.5, 0.6) is 11.5 Å². The highest BCUT2D eigenvalue weighted by molar-refractivity contribution is 6.33. The van der Waals surface area contributed by atoms with Crippen LogP contribution in [-0.2, 0) is 0 Å². The van der Waals surface area contributed by atoms with Crippen molar-refractivity contribution in [2.45, 2.75) is 0 Å². The molecular formula is C19H20ClN3O4. The molecule has 1 saturated heterocycles. The third-order valence-corrected chi connectivity index (χ3v) is 4.87. The minimum atomic E-state index is -0.256. The Hall–Kier alpha value is -2.93. The Morgan fingerprint density at radius 2 is 1.59 bits per heavy atom. The van der Waals surface area contributed by atoms with Gasteiger partial charge in [0.15, 0.2) is 0 Å². The van der Waals surface area contributed by atoms with Gasteiger partial charge < -0.3 is 25.4 Å². The van der Waals surface area contributed by atoms with Gasteiger partial charge in [0.1, 0.15) is 11.5 Å². The first kappa shape index (κ1) is 18.8. The lowest BCUT2D eigenvalue weighted by molar-refractivity contribution is 0.0532. The Morgan fingerprint density at radius 1 is 1.04 bits per heavy atom. The molecule has 27 heavy (non-hydrogen) atoms. The lowest BCUT2D eigenvalue weighted by Gasteiger charge is -2.35. The molecule has 0 bridgehead atoms. The molecule has 0 spiro atoms. The first-order chi connectivity index (χ1) is 12.9. The molecule has 2 aromatic rings. The summed E-state index contributed by atoms with van der Waals surface area (Å²) in [6.07, 6.45) is 0. The van der Waals surface area contributed by atoms with E-state index in [4.69, 9.17) is 22.1 Å². The van der Waals surface area contributed by atoms with Crippen LogP contribution in [0.15, 0.2) is 36.4 Å². The van der Waals surface area contributed by atoms with E-state index in [0.29, 0.717) is 43.2 Å². The van der Waals surface area contributed by atoms with Crippen molar-refractivity contribution >= 4 is 29.1 Å². The van der Waals surface area contributed by atoms with Gasteiger partial charge in [-0.1, -0.05) is 23.7 Å². The number of hydrogen-bond donors (Lipinski definition) is 2. The van der Waals surface area contributed by atoms with Crippen molar-refractivity contribution in [2.24, 2.45) is 0 Å². The lowest BCUT2D eigenvalue weighted by atomic mass is 10.1. The molecule has 3 rings (SSSR count). The number of anilines is 1. The van der Waals surface area contributed by atoms with Crippen molar-refractivity contribution in [1.29, 1.82) is 0 Å². The summed E-state index contributed by atoms with van der Waals surface area (Å²) in [5, 5.41) is 10.1. The average Bonchev–Trinajstić information content (AvgIpc) is 2.69. The fourth-order valence-corrected chi connectivity index (χ4v) is 3.18. The second-order valence-electron chi connectivity index (χ2n) is 6.18. The Morgan fingerprint density at radius 3 is 2.15 bits per heavy atom. The molecule has 3 N–H and O–H groups in total. The van der Waals surface area contributed by atoms with Gasteiger partial charge in [0, 0.05) is 32.2 Å². The summed E-state index contributed by atoms with van der Waals surface area (Å²) in [6.45, 7) is 1.46. The number of nitrogens with two attached hydrogens (primary N) is 1. The number of phenolic OH excluding ortho intramolecular Hbond substituents is 1. The van der Waals surface area contributed by atoms with Gasteiger partial charge in [-0.2, -0.15) is 0 Å². The van der Waals surface area contributed by atoms with Gasteiger partial charge in [0.05, 0.1) is 28.9 Å². The van der Waals surface area contributed by atoms with E-state index < -0.39 is 0 Å². The number of carbonyl (C=O) groups is 2. The molecule has 8 heteroatoms. The quantitative estimate of drug-likeness (QED) is 0.785. The molecule has 142 valence electrons. The Labute approximate surface area is 161 Å². The molecule has 1 aliphatic rings. The maximum atomic E-state index is 12.8. The SMILES string of the molecule is COc1cc(N)c(Cl)cc1C(=O)N1CCN(C(=O)c2ccccc2O)CC1. The number of piperazine rings is 1. The predicted octanol–water partition coefficient (Wildman–Crippen LogP) is 2.23. The van der Waals surface area contributed by atoms with Crippen LogP contribution in [0.2, 0.25) is 5.02 Å². The largest absolute Gasteiger partial charge is 0.507 e. The Bertz CT molecular complexity index is 879. The van der Waals surface area contributed by atoms with Gasteiger partial charge in [-0.3, -0.25) is 9.59 Å². The Balaban J connectivity index is 1.71. The van der Waals surface area contributed by atoms with Crippen molar-refractivity contribution in [3.8, 4) is 11.5 Å². The van der Waals surface area contributed by atoms with E-state index in [1.807, 2.05) is 0 Å². The highest BCUT2D eigenvalue weighted by Gasteiger charge is 2.28. The molecule has 1 aliphatic heterocycles. The number of aromatic hydroxyl groups is 1. The first-order valence-electron chi connectivity index (χ1n) is 8.42. The van der Waals surface area contributed by atoms with E-state index in [2.05, 4.69) is 0 Å². The summed E-state index contributed by atoms with van der Waals surface area (Å²) in [5.41, 5.74) is 6.68. The molecule has 0 aliphatic carbocycles. The monoisotopic (exact) mass is 389 g/mol. The van der Waals surface area contributed by atoms with E-state index in [9.17, 15) is 14.7 Å². The number of halogens is 1. The normalized spacial score (nSPS) is 14.1. The van der Waals surface area contributed by atoms with E-state index >= 15 is 0 Å². The second-order valence-corrected chi connectivity index (χ2v) is 6.58. The molecule has 1 heterocycles.